The van der Waals surface area contributed by atoms with E-state index in [1.165, 1.54) is 0 Å². The van der Waals surface area contributed by atoms with E-state index in [1.54, 1.807) is 24.3 Å². The molecule has 1 unspecified atom stereocenters. The average molecular weight is 438 g/mol. The van der Waals surface area contributed by atoms with Crippen molar-refractivity contribution >= 4 is 23.4 Å². The van der Waals surface area contributed by atoms with E-state index in [0.29, 0.717) is 16.6 Å². The minimum absolute atomic E-state index is 0.00202. The number of halogens is 1. The Morgan fingerprint density at radius 2 is 1.93 bits per heavy atom. The van der Waals surface area contributed by atoms with E-state index < -0.39 is 29.4 Å². The van der Waals surface area contributed by atoms with Gasteiger partial charge in [0.05, 0.1) is 0 Å². The van der Waals surface area contributed by atoms with Crippen molar-refractivity contribution in [2.45, 2.75) is 69.7 Å². The van der Waals surface area contributed by atoms with Crippen LogP contribution in [0.2, 0.25) is 5.02 Å². The van der Waals surface area contributed by atoms with Gasteiger partial charge < -0.3 is 14.2 Å². The molecule has 1 amide bonds. The second-order valence-electron chi connectivity index (χ2n) is 9.49. The summed E-state index contributed by atoms with van der Waals surface area (Å²) in [6, 6.07) is 6.86. The van der Waals surface area contributed by atoms with Crippen molar-refractivity contribution in [3.63, 3.8) is 0 Å². The molecule has 5 fully saturated rings. The van der Waals surface area contributed by atoms with Crippen molar-refractivity contribution in [2.24, 2.45) is 17.8 Å². The quantitative estimate of drug-likeness (QED) is 0.678. The minimum Gasteiger partial charge on any atom is -0.446 e. The van der Waals surface area contributed by atoms with Crippen molar-refractivity contribution in [1.29, 1.82) is 0 Å². The van der Waals surface area contributed by atoms with E-state index in [-0.39, 0.29) is 18.4 Å². The Hall–Kier alpha value is -1.38. The van der Waals surface area contributed by atoms with Crippen LogP contribution in [0.15, 0.2) is 24.3 Å². The molecule has 164 valence electrons. The first-order valence-corrected chi connectivity index (χ1v) is 11.0. The fraction of sp³-hybridized carbons (Fsp3) is 0.682. The highest BCUT2D eigenvalue weighted by atomic mass is 35.5. The first-order chi connectivity index (χ1) is 14.2. The summed E-state index contributed by atoms with van der Waals surface area (Å²) < 4.78 is 18.3. The van der Waals surface area contributed by atoms with E-state index in [2.05, 4.69) is 12.2 Å². The highest BCUT2D eigenvalue weighted by molar-refractivity contribution is 6.30. The summed E-state index contributed by atoms with van der Waals surface area (Å²) in [5, 5.41) is 3.32. The van der Waals surface area contributed by atoms with Gasteiger partial charge in [-0.25, -0.2) is 14.6 Å². The molecule has 8 heteroatoms. The van der Waals surface area contributed by atoms with Gasteiger partial charge in [0.1, 0.15) is 12.2 Å². The van der Waals surface area contributed by atoms with Crippen molar-refractivity contribution in [1.82, 2.24) is 0 Å². The molecule has 4 saturated heterocycles. The lowest BCUT2D eigenvalue weighted by Crippen LogP contribution is -2.62. The van der Waals surface area contributed by atoms with Gasteiger partial charge in [0.2, 0.25) is 5.79 Å². The molecule has 4 aliphatic heterocycles. The molecule has 2 bridgehead atoms. The number of amides is 1. The molecule has 6 rings (SSSR count). The second-order valence-corrected chi connectivity index (χ2v) is 9.93. The number of benzene rings is 1. The standard InChI is InChI=1S/C22H28ClNO6/c1-13-4-9-17-20(2,12-26-19(25)24-15-7-5-14(23)6-8-15)27-18-22(17)16(13)10-11-21(3,28-18)29-30-22/h5-8,13,16-18H,4,9-12H2,1-3H3,(H,24,25)/t13-,16+,17?,18+,20-,21-,22-/m1/s1. The number of hydrogen-bond donors (Lipinski definition) is 1. The maximum absolute atomic E-state index is 12.4. The number of carbonyl (C=O) groups is 1. The summed E-state index contributed by atoms with van der Waals surface area (Å²) in [5.74, 6) is -0.0516. The summed E-state index contributed by atoms with van der Waals surface area (Å²) in [7, 11) is 0. The second kappa shape index (κ2) is 7.07. The van der Waals surface area contributed by atoms with Crippen molar-refractivity contribution < 1.29 is 28.8 Å². The third-order valence-corrected chi connectivity index (χ3v) is 7.66. The molecule has 4 heterocycles. The van der Waals surface area contributed by atoms with Crippen LogP contribution in [-0.4, -0.2) is 36.0 Å². The van der Waals surface area contributed by atoms with Gasteiger partial charge in [0.25, 0.3) is 0 Å². The largest absolute Gasteiger partial charge is 0.446 e. The zero-order valence-electron chi connectivity index (χ0n) is 17.5. The summed E-state index contributed by atoms with van der Waals surface area (Å²) >= 11 is 5.89. The third-order valence-electron chi connectivity index (χ3n) is 7.41. The number of rotatable bonds is 3. The van der Waals surface area contributed by atoms with E-state index in [1.807, 2.05) is 13.8 Å². The van der Waals surface area contributed by atoms with E-state index in [0.717, 1.165) is 25.7 Å². The first kappa shape index (κ1) is 20.5. The van der Waals surface area contributed by atoms with Crippen LogP contribution >= 0.6 is 11.6 Å². The number of hydrogen-bond acceptors (Lipinski definition) is 6. The topological polar surface area (TPSA) is 75.2 Å². The summed E-state index contributed by atoms with van der Waals surface area (Å²) in [6.07, 6.45) is 2.62. The normalized spacial score (nSPS) is 44.3. The number of ether oxygens (including phenoxy) is 3. The van der Waals surface area contributed by atoms with Gasteiger partial charge in [0.15, 0.2) is 11.9 Å². The van der Waals surface area contributed by atoms with E-state index in [9.17, 15) is 4.79 Å². The molecule has 5 aliphatic rings. The van der Waals surface area contributed by atoms with Crippen molar-refractivity contribution in [3.05, 3.63) is 29.3 Å². The summed E-state index contributed by atoms with van der Waals surface area (Å²) in [4.78, 5) is 24.3. The lowest BCUT2D eigenvalue weighted by molar-refractivity contribution is -0.541. The van der Waals surface area contributed by atoms with E-state index in [4.69, 9.17) is 35.6 Å². The number of fused-ring (bicyclic) bond motifs is 2. The average Bonchev–Trinajstić information content (AvgIpc) is 2.79. The Morgan fingerprint density at radius 1 is 1.17 bits per heavy atom. The molecular weight excluding hydrogens is 410 g/mol. The van der Waals surface area contributed by atoms with Crippen LogP contribution in [0.25, 0.3) is 0 Å². The fourth-order valence-corrected chi connectivity index (χ4v) is 5.97. The predicted molar refractivity (Wildman–Crippen MR) is 109 cm³/mol. The Morgan fingerprint density at radius 3 is 2.70 bits per heavy atom. The molecule has 1 N–H and O–H groups in total. The molecule has 0 aromatic heterocycles. The lowest BCUT2D eigenvalue weighted by Gasteiger charge is -2.50. The van der Waals surface area contributed by atoms with Gasteiger partial charge in [-0.15, -0.1) is 0 Å². The molecule has 1 saturated carbocycles. The van der Waals surface area contributed by atoms with Gasteiger partial charge in [-0.1, -0.05) is 18.5 Å². The molecule has 30 heavy (non-hydrogen) atoms. The Kier molecular flexibility index (Phi) is 4.83. The maximum Gasteiger partial charge on any atom is 0.411 e. The number of anilines is 1. The highest BCUT2D eigenvalue weighted by Crippen LogP contribution is 2.63. The highest BCUT2D eigenvalue weighted by Gasteiger charge is 2.74. The molecule has 7 atom stereocenters. The van der Waals surface area contributed by atoms with Crippen LogP contribution in [-0.2, 0) is 24.0 Å². The smallest absolute Gasteiger partial charge is 0.411 e. The molecule has 7 nitrogen and oxygen atoms in total. The molecule has 0 radical (unpaired) electrons. The Labute approximate surface area is 181 Å². The van der Waals surface area contributed by atoms with Crippen LogP contribution in [0.1, 0.15) is 46.5 Å². The monoisotopic (exact) mass is 437 g/mol. The van der Waals surface area contributed by atoms with Crippen molar-refractivity contribution in [2.75, 3.05) is 11.9 Å². The Balaban J connectivity index is 1.34. The number of carbonyl (C=O) groups excluding carboxylic acids is 1. The van der Waals surface area contributed by atoms with Crippen LogP contribution in [0, 0.1) is 17.8 Å². The number of nitrogens with one attached hydrogen (secondary N) is 1. The van der Waals surface area contributed by atoms with Gasteiger partial charge in [-0.05, 0) is 69.2 Å². The zero-order chi connectivity index (χ0) is 21.1. The van der Waals surface area contributed by atoms with E-state index >= 15 is 0 Å². The third kappa shape index (κ3) is 3.14. The SMILES string of the molecule is C[C@@H]1CCC2[C@]34OO[C@](C)(CC[C@@H]13)O[C@@H]4O[C@]2(C)COC(=O)Nc1ccc(Cl)cc1. The van der Waals surface area contributed by atoms with Gasteiger partial charge in [-0.3, -0.25) is 5.32 Å². The predicted octanol–water partition coefficient (Wildman–Crippen LogP) is 4.89. The lowest BCUT2D eigenvalue weighted by atomic mass is 9.60. The molecule has 1 spiro atoms. The molecule has 1 aromatic rings. The van der Waals surface area contributed by atoms with Crippen molar-refractivity contribution in [3.8, 4) is 0 Å². The van der Waals surface area contributed by atoms with Crippen LogP contribution in [0.5, 0.6) is 0 Å². The van der Waals surface area contributed by atoms with Gasteiger partial charge in [0, 0.05) is 23.0 Å². The molecule has 1 aliphatic carbocycles. The first-order valence-electron chi connectivity index (χ1n) is 10.7. The van der Waals surface area contributed by atoms with Crippen LogP contribution in [0.3, 0.4) is 0 Å². The van der Waals surface area contributed by atoms with Crippen LogP contribution in [0.4, 0.5) is 10.5 Å². The molecule has 1 aromatic carbocycles. The van der Waals surface area contributed by atoms with Crippen LogP contribution < -0.4 is 5.32 Å². The molecular formula is C22H28ClNO6. The fourth-order valence-electron chi connectivity index (χ4n) is 5.84. The minimum atomic E-state index is -0.810. The van der Waals surface area contributed by atoms with Gasteiger partial charge >= 0.3 is 6.09 Å². The zero-order valence-corrected chi connectivity index (χ0v) is 18.2. The summed E-state index contributed by atoms with van der Waals surface area (Å²) in [5.41, 5.74) is -0.783. The Bertz CT molecular complexity index is 835. The van der Waals surface area contributed by atoms with Gasteiger partial charge in [-0.2, -0.15) is 0 Å². The maximum atomic E-state index is 12.4. The summed E-state index contributed by atoms with van der Waals surface area (Å²) in [6.45, 7) is 6.24.